The lowest BCUT2D eigenvalue weighted by Gasteiger charge is -2.48. The van der Waals surface area contributed by atoms with Crippen LogP contribution in [0.15, 0.2) is 24.3 Å². The van der Waals surface area contributed by atoms with E-state index in [1.54, 1.807) is 0 Å². The van der Waals surface area contributed by atoms with Gasteiger partial charge in [-0.3, -0.25) is 14.5 Å². The lowest BCUT2D eigenvalue weighted by Crippen LogP contribution is -2.54. The Balaban J connectivity index is 1.73. The van der Waals surface area contributed by atoms with Crippen LogP contribution in [0.3, 0.4) is 0 Å². The van der Waals surface area contributed by atoms with E-state index in [9.17, 15) is 9.59 Å². The van der Waals surface area contributed by atoms with Gasteiger partial charge in [0.05, 0.1) is 19.2 Å². The van der Waals surface area contributed by atoms with Gasteiger partial charge in [-0.15, -0.1) is 0 Å². The number of amides is 2. The molecule has 1 saturated heterocycles. The normalized spacial score (nSPS) is 19.1. The lowest BCUT2D eigenvalue weighted by atomic mass is 9.69. The van der Waals surface area contributed by atoms with Crippen LogP contribution in [0.25, 0.3) is 0 Å². The highest BCUT2D eigenvalue weighted by molar-refractivity contribution is 5.83. The summed E-state index contributed by atoms with van der Waals surface area (Å²) in [5, 5.41) is 11.7. The first-order valence-electron chi connectivity index (χ1n) is 8.74. The molecule has 2 amide bonds. The van der Waals surface area contributed by atoms with Gasteiger partial charge in [-0.2, -0.15) is 5.26 Å². The number of likely N-dealkylation sites (tertiary alicyclic amines) is 1. The fourth-order valence-corrected chi connectivity index (χ4v) is 4.12. The molecule has 1 N–H and O–H groups in total. The number of fused-ring (bicyclic) bond motifs is 2. The van der Waals surface area contributed by atoms with E-state index in [0.717, 1.165) is 25.9 Å². The molecule has 0 unspecified atom stereocenters. The van der Waals surface area contributed by atoms with E-state index in [-0.39, 0.29) is 23.8 Å². The molecule has 6 heteroatoms. The van der Waals surface area contributed by atoms with Gasteiger partial charge in [-0.1, -0.05) is 24.3 Å². The van der Waals surface area contributed by atoms with Crippen molar-refractivity contribution in [2.24, 2.45) is 0 Å². The second-order valence-electron chi connectivity index (χ2n) is 7.03. The zero-order valence-electron chi connectivity index (χ0n) is 14.6. The maximum absolute atomic E-state index is 12.2. The molecule has 1 spiro atoms. The van der Waals surface area contributed by atoms with Gasteiger partial charge in [-0.05, 0) is 24.0 Å². The number of hydrogen-bond donors (Lipinski definition) is 1. The Labute approximate surface area is 148 Å². The van der Waals surface area contributed by atoms with Crippen LogP contribution >= 0.6 is 0 Å². The molecular formula is C19H24N4O2. The van der Waals surface area contributed by atoms with Gasteiger partial charge >= 0.3 is 0 Å². The van der Waals surface area contributed by atoms with Crippen molar-refractivity contribution in [2.45, 2.75) is 31.7 Å². The fraction of sp³-hybridized carbons (Fsp3) is 0.526. The molecule has 0 aromatic heterocycles. The quantitative estimate of drug-likeness (QED) is 0.834. The van der Waals surface area contributed by atoms with Crippen molar-refractivity contribution in [3.05, 3.63) is 35.4 Å². The highest BCUT2D eigenvalue weighted by Gasteiger charge is 2.42. The van der Waals surface area contributed by atoms with Crippen LogP contribution in [0, 0.1) is 11.3 Å². The molecule has 0 aliphatic carbocycles. The number of rotatable bonds is 3. The number of nitrogens with zero attached hydrogens (tertiary/aromatic N) is 3. The third-order valence-electron chi connectivity index (χ3n) is 5.37. The van der Waals surface area contributed by atoms with Crippen molar-refractivity contribution in [2.75, 3.05) is 32.7 Å². The van der Waals surface area contributed by atoms with Crippen molar-refractivity contribution >= 4 is 11.8 Å². The largest absolute Gasteiger partial charge is 0.347 e. The van der Waals surface area contributed by atoms with Crippen LogP contribution in [0.4, 0.5) is 0 Å². The predicted octanol–water partition coefficient (Wildman–Crippen LogP) is 1.02. The SMILES string of the molecule is CC(=O)NCC(=O)N1CCC2(CC1)CN(CC#N)Cc1ccccc12. The molecule has 0 radical (unpaired) electrons. The van der Waals surface area contributed by atoms with Gasteiger partial charge in [0.15, 0.2) is 0 Å². The van der Waals surface area contributed by atoms with Gasteiger partial charge in [0, 0.05) is 38.5 Å². The summed E-state index contributed by atoms with van der Waals surface area (Å²) >= 11 is 0. The second-order valence-corrected chi connectivity index (χ2v) is 7.03. The van der Waals surface area contributed by atoms with E-state index in [1.807, 2.05) is 4.90 Å². The third-order valence-corrected chi connectivity index (χ3v) is 5.37. The lowest BCUT2D eigenvalue weighted by molar-refractivity contribution is -0.134. The monoisotopic (exact) mass is 340 g/mol. The molecule has 25 heavy (non-hydrogen) atoms. The maximum Gasteiger partial charge on any atom is 0.241 e. The molecule has 1 aromatic carbocycles. The number of carbonyl (C=O) groups excluding carboxylic acids is 2. The van der Waals surface area contributed by atoms with Gasteiger partial charge in [0.1, 0.15) is 0 Å². The summed E-state index contributed by atoms with van der Waals surface area (Å²) in [4.78, 5) is 27.3. The van der Waals surface area contributed by atoms with E-state index in [1.165, 1.54) is 18.1 Å². The van der Waals surface area contributed by atoms with Crippen LogP contribution in [-0.2, 0) is 21.5 Å². The highest BCUT2D eigenvalue weighted by Crippen LogP contribution is 2.41. The summed E-state index contributed by atoms with van der Waals surface area (Å²) in [5.41, 5.74) is 2.68. The van der Waals surface area contributed by atoms with E-state index in [2.05, 4.69) is 40.6 Å². The number of nitrogens with one attached hydrogen (secondary N) is 1. The van der Waals surface area contributed by atoms with Crippen molar-refractivity contribution in [3.63, 3.8) is 0 Å². The van der Waals surface area contributed by atoms with Gasteiger partial charge in [-0.25, -0.2) is 0 Å². The number of benzene rings is 1. The Bertz CT molecular complexity index is 702. The van der Waals surface area contributed by atoms with Crippen LogP contribution in [0.1, 0.15) is 30.9 Å². The summed E-state index contributed by atoms with van der Waals surface area (Å²) in [5.74, 6) is -0.210. The number of piperidine rings is 1. The zero-order chi connectivity index (χ0) is 17.9. The Kier molecular flexibility index (Phi) is 5.05. The number of carbonyl (C=O) groups is 2. The Morgan fingerprint density at radius 1 is 1.28 bits per heavy atom. The molecule has 132 valence electrons. The van der Waals surface area contributed by atoms with Crippen molar-refractivity contribution in [3.8, 4) is 6.07 Å². The molecule has 1 fully saturated rings. The standard InChI is InChI=1S/C19H24N4O2/c1-15(24)21-12-18(25)23-9-6-19(7-10-23)14-22(11-8-20)13-16-4-2-3-5-17(16)19/h2-5H,6-7,9-14H2,1H3,(H,21,24). The highest BCUT2D eigenvalue weighted by atomic mass is 16.2. The first-order chi connectivity index (χ1) is 12.0. The predicted molar refractivity (Wildman–Crippen MR) is 93.5 cm³/mol. The second kappa shape index (κ2) is 7.24. The summed E-state index contributed by atoms with van der Waals surface area (Å²) in [7, 11) is 0. The van der Waals surface area contributed by atoms with Crippen LogP contribution in [-0.4, -0.2) is 54.3 Å². The van der Waals surface area contributed by atoms with Gasteiger partial charge in [0.2, 0.25) is 11.8 Å². The van der Waals surface area contributed by atoms with Crippen LogP contribution in [0.2, 0.25) is 0 Å². The molecule has 0 atom stereocenters. The van der Waals surface area contributed by atoms with Gasteiger partial charge in [0.25, 0.3) is 0 Å². The molecule has 3 rings (SSSR count). The van der Waals surface area contributed by atoms with Crippen LogP contribution in [0.5, 0.6) is 0 Å². The molecule has 6 nitrogen and oxygen atoms in total. The minimum absolute atomic E-state index is 0.0104. The molecular weight excluding hydrogens is 316 g/mol. The Hall–Kier alpha value is -2.39. The average Bonchev–Trinajstić information content (AvgIpc) is 2.61. The smallest absolute Gasteiger partial charge is 0.241 e. The van der Waals surface area contributed by atoms with E-state index in [4.69, 9.17) is 5.26 Å². The molecule has 2 heterocycles. The summed E-state index contributed by atoms with van der Waals surface area (Å²) in [6, 6.07) is 10.7. The molecule has 2 aliphatic heterocycles. The third kappa shape index (κ3) is 3.67. The number of nitriles is 1. The average molecular weight is 340 g/mol. The van der Waals surface area contributed by atoms with E-state index in [0.29, 0.717) is 19.6 Å². The van der Waals surface area contributed by atoms with Gasteiger partial charge < -0.3 is 10.2 Å². The minimum atomic E-state index is -0.185. The van der Waals surface area contributed by atoms with Crippen LogP contribution < -0.4 is 5.32 Å². The molecule has 0 saturated carbocycles. The molecule has 2 aliphatic rings. The zero-order valence-corrected chi connectivity index (χ0v) is 14.6. The summed E-state index contributed by atoms with van der Waals surface area (Å²) in [6.45, 7) is 4.98. The fourth-order valence-electron chi connectivity index (χ4n) is 4.12. The van der Waals surface area contributed by atoms with Crippen molar-refractivity contribution < 1.29 is 9.59 Å². The topological polar surface area (TPSA) is 76.4 Å². The first-order valence-corrected chi connectivity index (χ1v) is 8.74. The molecule has 1 aromatic rings. The summed E-state index contributed by atoms with van der Waals surface area (Å²) in [6.07, 6.45) is 1.77. The minimum Gasteiger partial charge on any atom is -0.347 e. The Morgan fingerprint density at radius 3 is 2.68 bits per heavy atom. The maximum atomic E-state index is 12.2. The first kappa shape index (κ1) is 17.4. The van der Waals surface area contributed by atoms with E-state index >= 15 is 0 Å². The molecule has 0 bridgehead atoms. The van der Waals surface area contributed by atoms with E-state index < -0.39 is 0 Å². The number of hydrogen-bond acceptors (Lipinski definition) is 4. The Morgan fingerprint density at radius 2 is 2.00 bits per heavy atom. The summed E-state index contributed by atoms with van der Waals surface area (Å²) < 4.78 is 0. The van der Waals surface area contributed by atoms with Crippen molar-refractivity contribution in [1.82, 2.24) is 15.1 Å². The van der Waals surface area contributed by atoms with Crippen molar-refractivity contribution in [1.29, 1.82) is 5.26 Å².